The number of ether oxygens (including phenoxy) is 1. The van der Waals surface area contributed by atoms with E-state index in [1.54, 1.807) is 30.3 Å². The van der Waals surface area contributed by atoms with Crippen LogP contribution in [0.15, 0.2) is 72.8 Å². The van der Waals surface area contributed by atoms with Crippen LogP contribution in [0.4, 0.5) is 0 Å². The molecule has 136 valence electrons. The third-order valence-electron chi connectivity index (χ3n) is 3.95. The number of rotatable bonds is 7. The first-order chi connectivity index (χ1) is 13.1. The van der Waals surface area contributed by atoms with Crippen LogP contribution in [0, 0.1) is 0 Å². The van der Waals surface area contributed by atoms with Gasteiger partial charge in [-0.15, -0.1) is 0 Å². The maximum atomic E-state index is 12.3. The lowest BCUT2D eigenvalue weighted by molar-refractivity contribution is 0.0941. The fraction of sp³-hybridized carbons (Fsp3) is 0.136. The number of nitrogens with one attached hydrogen (secondary N) is 1. The number of hydrogen-bond acceptors (Lipinski definition) is 4. The first-order valence-electron chi connectivity index (χ1n) is 8.68. The Kier molecular flexibility index (Phi) is 5.94. The van der Waals surface area contributed by atoms with Gasteiger partial charge in [-0.25, -0.2) is 4.98 Å². The molecule has 0 unspecified atom stereocenters. The molecule has 0 saturated heterocycles. The number of Topliss-reactive ketones (excluding diaryl/α,β-unsaturated/α-hetero) is 1. The number of hydrogen-bond donors (Lipinski definition) is 1. The maximum Gasteiger partial charge on any atom is 0.270 e. The van der Waals surface area contributed by atoms with Crippen molar-refractivity contribution in [1.29, 1.82) is 0 Å². The SMILES string of the molecule is CC(=O)c1cccc(-c2cccc(C(=O)NCCOc3ccccc3)n2)c1. The lowest BCUT2D eigenvalue weighted by atomic mass is 10.1. The summed E-state index contributed by atoms with van der Waals surface area (Å²) < 4.78 is 5.55. The Hall–Kier alpha value is -3.47. The van der Waals surface area contributed by atoms with Gasteiger partial charge in [-0.3, -0.25) is 9.59 Å². The summed E-state index contributed by atoms with van der Waals surface area (Å²) >= 11 is 0. The van der Waals surface area contributed by atoms with E-state index in [1.807, 2.05) is 42.5 Å². The van der Waals surface area contributed by atoms with Crippen LogP contribution >= 0.6 is 0 Å². The quantitative estimate of drug-likeness (QED) is 0.514. The zero-order chi connectivity index (χ0) is 19.1. The van der Waals surface area contributed by atoms with Crippen LogP contribution in [0.3, 0.4) is 0 Å². The Balaban J connectivity index is 1.62. The number of nitrogens with zero attached hydrogens (tertiary/aromatic N) is 1. The van der Waals surface area contributed by atoms with Crippen LogP contribution in [-0.4, -0.2) is 29.8 Å². The molecule has 0 spiro atoms. The summed E-state index contributed by atoms with van der Waals surface area (Å²) in [4.78, 5) is 28.3. The molecule has 0 atom stereocenters. The maximum absolute atomic E-state index is 12.3. The molecule has 0 aliphatic heterocycles. The number of carbonyl (C=O) groups is 2. The van der Waals surface area contributed by atoms with E-state index in [0.29, 0.717) is 30.1 Å². The van der Waals surface area contributed by atoms with Gasteiger partial charge in [0.25, 0.3) is 5.91 Å². The van der Waals surface area contributed by atoms with Crippen molar-refractivity contribution in [2.24, 2.45) is 0 Å². The van der Waals surface area contributed by atoms with Gasteiger partial charge < -0.3 is 10.1 Å². The normalized spacial score (nSPS) is 10.3. The van der Waals surface area contributed by atoms with Crippen LogP contribution in [0.25, 0.3) is 11.3 Å². The number of aromatic nitrogens is 1. The molecule has 5 nitrogen and oxygen atoms in total. The van der Waals surface area contributed by atoms with Crippen molar-refractivity contribution >= 4 is 11.7 Å². The van der Waals surface area contributed by atoms with E-state index in [9.17, 15) is 9.59 Å². The van der Waals surface area contributed by atoms with Crippen molar-refractivity contribution in [2.75, 3.05) is 13.2 Å². The second-order valence-corrected chi connectivity index (χ2v) is 5.96. The summed E-state index contributed by atoms with van der Waals surface area (Å²) in [7, 11) is 0. The lowest BCUT2D eigenvalue weighted by Crippen LogP contribution is -2.28. The molecule has 1 heterocycles. The minimum Gasteiger partial charge on any atom is -0.492 e. The second kappa shape index (κ2) is 8.76. The minimum atomic E-state index is -0.267. The molecular weight excluding hydrogens is 340 g/mol. The van der Waals surface area contributed by atoms with E-state index in [2.05, 4.69) is 10.3 Å². The van der Waals surface area contributed by atoms with Crippen LogP contribution in [0.2, 0.25) is 0 Å². The predicted octanol–water partition coefficient (Wildman–Crippen LogP) is 3.76. The summed E-state index contributed by atoms with van der Waals surface area (Å²) in [5.74, 6) is 0.484. The minimum absolute atomic E-state index is 0.0100. The average Bonchev–Trinajstić information content (AvgIpc) is 2.72. The summed E-state index contributed by atoms with van der Waals surface area (Å²) in [6.07, 6.45) is 0. The summed E-state index contributed by atoms with van der Waals surface area (Å²) in [6, 6.07) is 21.9. The smallest absolute Gasteiger partial charge is 0.270 e. The van der Waals surface area contributed by atoms with Crippen molar-refractivity contribution in [3.05, 3.63) is 84.1 Å². The molecule has 1 aromatic heterocycles. The Morgan fingerprint density at radius 1 is 0.963 bits per heavy atom. The van der Waals surface area contributed by atoms with E-state index >= 15 is 0 Å². The molecule has 0 bridgehead atoms. The third kappa shape index (κ3) is 5.01. The summed E-state index contributed by atoms with van der Waals surface area (Å²) in [5, 5.41) is 2.80. The lowest BCUT2D eigenvalue weighted by Gasteiger charge is -2.08. The molecule has 1 N–H and O–H groups in total. The molecule has 1 amide bonds. The molecule has 0 radical (unpaired) electrons. The Morgan fingerprint density at radius 2 is 1.74 bits per heavy atom. The van der Waals surface area contributed by atoms with E-state index in [4.69, 9.17) is 4.74 Å². The average molecular weight is 360 g/mol. The predicted molar refractivity (Wildman–Crippen MR) is 104 cm³/mol. The van der Waals surface area contributed by atoms with E-state index in [0.717, 1.165) is 11.3 Å². The van der Waals surface area contributed by atoms with Crippen molar-refractivity contribution in [3.63, 3.8) is 0 Å². The fourth-order valence-corrected chi connectivity index (χ4v) is 2.56. The largest absolute Gasteiger partial charge is 0.492 e. The highest BCUT2D eigenvalue weighted by molar-refractivity contribution is 5.95. The fourth-order valence-electron chi connectivity index (χ4n) is 2.56. The molecule has 2 aromatic carbocycles. The van der Waals surface area contributed by atoms with Crippen LogP contribution < -0.4 is 10.1 Å². The Morgan fingerprint density at radius 3 is 2.52 bits per heavy atom. The van der Waals surface area contributed by atoms with Gasteiger partial charge in [-0.1, -0.05) is 42.5 Å². The standard InChI is InChI=1S/C22H20N2O3/c1-16(25)17-7-5-8-18(15-17)20-11-6-12-21(24-20)22(26)23-13-14-27-19-9-3-2-4-10-19/h2-12,15H,13-14H2,1H3,(H,23,26). The molecule has 27 heavy (non-hydrogen) atoms. The molecule has 0 aliphatic rings. The van der Waals surface area contributed by atoms with Crippen LogP contribution in [-0.2, 0) is 0 Å². The van der Waals surface area contributed by atoms with Gasteiger partial charge in [-0.2, -0.15) is 0 Å². The van der Waals surface area contributed by atoms with Crippen LogP contribution in [0.5, 0.6) is 5.75 Å². The van der Waals surface area contributed by atoms with Gasteiger partial charge in [-0.05, 0) is 37.3 Å². The van der Waals surface area contributed by atoms with Gasteiger partial charge in [0.05, 0.1) is 12.2 Å². The Labute approximate surface area is 158 Å². The first-order valence-corrected chi connectivity index (χ1v) is 8.68. The van der Waals surface area contributed by atoms with Crippen molar-refractivity contribution in [2.45, 2.75) is 6.92 Å². The highest BCUT2D eigenvalue weighted by Gasteiger charge is 2.09. The van der Waals surface area contributed by atoms with E-state index < -0.39 is 0 Å². The van der Waals surface area contributed by atoms with Gasteiger partial charge in [0.15, 0.2) is 5.78 Å². The van der Waals surface area contributed by atoms with Crippen molar-refractivity contribution in [1.82, 2.24) is 10.3 Å². The Bertz CT molecular complexity index is 939. The topological polar surface area (TPSA) is 68.3 Å². The summed E-state index contributed by atoms with van der Waals surface area (Å²) in [5.41, 5.74) is 2.37. The number of benzene rings is 2. The zero-order valence-electron chi connectivity index (χ0n) is 15.0. The molecule has 0 fully saturated rings. The molecule has 3 aromatic rings. The number of amides is 1. The monoisotopic (exact) mass is 360 g/mol. The molecular formula is C22H20N2O3. The number of pyridine rings is 1. The van der Waals surface area contributed by atoms with Gasteiger partial charge in [0.1, 0.15) is 18.1 Å². The van der Waals surface area contributed by atoms with Crippen molar-refractivity contribution < 1.29 is 14.3 Å². The molecule has 3 rings (SSSR count). The van der Waals surface area contributed by atoms with Gasteiger partial charge in [0, 0.05) is 11.1 Å². The van der Waals surface area contributed by atoms with Crippen LogP contribution in [0.1, 0.15) is 27.8 Å². The van der Waals surface area contributed by atoms with Gasteiger partial charge in [0.2, 0.25) is 0 Å². The highest BCUT2D eigenvalue weighted by atomic mass is 16.5. The zero-order valence-corrected chi connectivity index (χ0v) is 15.0. The number of ketones is 1. The van der Waals surface area contributed by atoms with E-state index in [1.165, 1.54) is 6.92 Å². The number of carbonyl (C=O) groups excluding carboxylic acids is 2. The first kappa shape index (κ1) is 18.3. The summed E-state index contributed by atoms with van der Waals surface area (Å²) in [6.45, 7) is 2.27. The molecule has 5 heteroatoms. The number of para-hydroxylation sites is 1. The van der Waals surface area contributed by atoms with E-state index in [-0.39, 0.29) is 11.7 Å². The van der Waals surface area contributed by atoms with Crippen molar-refractivity contribution in [3.8, 4) is 17.0 Å². The third-order valence-corrected chi connectivity index (χ3v) is 3.95. The van der Waals surface area contributed by atoms with Gasteiger partial charge >= 0.3 is 0 Å². The highest BCUT2D eigenvalue weighted by Crippen LogP contribution is 2.19. The molecule has 0 aliphatic carbocycles. The second-order valence-electron chi connectivity index (χ2n) is 5.96. The molecule has 0 saturated carbocycles.